The smallest absolute Gasteiger partial charge is 0.0733 e. The summed E-state index contributed by atoms with van der Waals surface area (Å²) in [5, 5.41) is 9.24. The van der Waals surface area contributed by atoms with Gasteiger partial charge in [-0.15, -0.1) is 0 Å². The average molecular weight is 389 g/mol. The quantitative estimate of drug-likeness (QED) is 0.334. The van der Waals surface area contributed by atoms with Gasteiger partial charge in [0.25, 0.3) is 0 Å². The molecule has 1 unspecified atom stereocenters. The third-order valence-electron chi connectivity index (χ3n) is 6.54. The van der Waals surface area contributed by atoms with Crippen LogP contribution >= 0.6 is 0 Å². The number of hydrogen-bond acceptors (Lipinski definition) is 2. The Balaban J connectivity index is 1.73. The Labute approximate surface area is 177 Å². The van der Waals surface area contributed by atoms with Crippen LogP contribution in [-0.2, 0) is 6.42 Å². The van der Waals surface area contributed by atoms with Crippen LogP contribution in [0.5, 0.6) is 0 Å². The summed E-state index contributed by atoms with van der Waals surface area (Å²) in [7, 11) is 0. The van der Waals surface area contributed by atoms with Gasteiger partial charge in [-0.05, 0) is 60.6 Å². The summed E-state index contributed by atoms with van der Waals surface area (Å²) < 4.78 is 0. The highest BCUT2D eigenvalue weighted by Gasteiger charge is 2.28. The third kappa shape index (κ3) is 6.13. The zero-order chi connectivity index (χ0) is 20.5. The maximum absolute atomic E-state index is 4.75. The molecule has 3 rings (SSSR count). The second-order valence-electron chi connectivity index (χ2n) is 8.57. The van der Waals surface area contributed by atoms with Crippen LogP contribution in [0, 0.1) is 17.8 Å². The van der Waals surface area contributed by atoms with E-state index in [-0.39, 0.29) is 0 Å². The van der Waals surface area contributed by atoms with E-state index in [2.05, 4.69) is 80.5 Å². The van der Waals surface area contributed by atoms with Crippen molar-refractivity contribution in [1.82, 2.24) is 0 Å². The molecule has 0 N–H and O–H groups in total. The van der Waals surface area contributed by atoms with Gasteiger partial charge in [-0.3, -0.25) is 0 Å². The molecule has 29 heavy (non-hydrogen) atoms. The first kappa shape index (κ1) is 21.5. The molecule has 2 nitrogen and oxygen atoms in total. The molecule has 0 saturated heterocycles. The summed E-state index contributed by atoms with van der Waals surface area (Å²) in [6, 6.07) is 19.2. The Morgan fingerprint density at radius 2 is 1.66 bits per heavy atom. The van der Waals surface area contributed by atoms with E-state index in [4.69, 9.17) is 5.10 Å². The molecule has 154 valence electrons. The second-order valence-corrected chi connectivity index (χ2v) is 8.57. The highest BCUT2D eigenvalue weighted by molar-refractivity contribution is 6.02. The fraction of sp³-hybridized carbons (Fsp3) is 0.481. The van der Waals surface area contributed by atoms with Gasteiger partial charge in [-0.1, -0.05) is 88.2 Å². The summed E-state index contributed by atoms with van der Waals surface area (Å²) in [5.74, 6) is 2.24. The summed E-state index contributed by atoms with van der Waals surface area (Å²) in [6.45, 7) is 6.92. The minimum absolute atomic E-state index is 0.516. The van der Waals surface area contributed by atoms with Crippen molar-refractivity contribution in [1.29, 1.82) is 0 Å². The molecule has 1 saturated carbocycles. The van der Waals surface area contributed by atoms with Crippen molar-refractivity contribution in [2.75, 3.05) is 0 Å². The van der Waals surface area contributed by atoms with Crippen molar-refractivity contribution in [3.8, 4) is 0 Å². The monoisotopic (exact) mass is 388 g/mol. The lowest BCUT2D eigenvalue weighted by molar-refractivity contribution is 0.232. The van der Waals surface area contributed by atoms with E-state index in [0.717, 1.165) is 29.5 Å². The van der Waals surface area contributed by atoms with Gasteiger partial charge >= 0.3 is 0 Å². The highest BCUT2D eigenvalue weighted by Crippen LogP contribution is 2.36. The van der Waals surface area contributed by atoms with Crippen LogP contribution in [0.15, 0.2) is 64.8 Å². The summed E-state index contributed by atoms with van der Waals surface area (Å²) >= 11 is 0. The van der Waals surface area contributed by atoms with Gasteiger partial charge in [0.15, 0.2) is 0 Å². The van der Waals surface area contributed by atoms with Crippen LogP contribution in [0.3, 0.4) is 0 Å². The second kappa shape index (κ2) is 11.1. The molecular weight excluding hydrogens is 352 g/mol. The van der Waals surface area contributed by atoms with Crippen molar-refractivity contribution in [2.45, 2.75) is 65.7 Å². The van der Waals surface area contributed by atoms with E-state index in [1.165, 1.54) is 49.7 Å². The minimum atomic E-state index is 0.516. The Morgan fingerprint density at radius 1 is 0.966 bits per heavy atom. The summed E-state index contributed by atoms with van der Waals surface area (Å²) in [6.07, 6.45) is 10.7. The van der Waals surface area contributed by atoms with E-state index in [1.807, 2.05) is 6.21 Å². The van der Waals surface area contributed by atoms with Gasteiger partial charge in [-0.2, -0.15) is 10.2 Å². The Bertz CT molecular complexity index is 781. The van der Waals surface area contributed by atoms with Crippen LogP contribution in [0.1, 0.15) is 76.0 Å². The first-order valence-electron chi connectivity index (χ1n) is 11.5. The van der Waals surface area contributed by atoms with E-state index in [0.29, 0.717) is 5.92 Å². The molecule has 2 aromatic carbocycles. The van der Waals surface area contributed by atoms with Crippen molar-refractivity contribution >= 4 is 11.9 Å². The van der Waals surface area contributed by atoms with E-state index < -0.39 is 0 Å². The zero-order valence-electron chi connectivity index (χ0n) is 18.3. The molecule has 0 heterocycles. The lowest BCUT2D eigenvalue weighted by Gasteiger charge is -2.32. The molecule has 1 aliphatic rings. The van der Waals surface area contributed by atoms with Crippen LogP contribution in [0.25, 0.3) is 0 Å². The number of rotatable bonds is 8. The molecule has 1 atom stereocenters. The van der Waals surface area contributed by atoms with Crippen LogP contribution < -0.4 is 0 Å². The molecule has 0 amide bonds. The molecule has 0 bridgehead atoms. The number of benzene rings is 2. The molecule has 0 aromatic heterocycles. The third-order valence-corrected chi connectivity index (χ3v) is 6.54. The molecule has 2 aromatic rings. The van der Waals surface area contributed by atoms with Gasteiger partial charge in [0.2, 0.25) is 0 Å². The number of hydrogen-bond donors (Lipinski definition) is 0. The van der Waals surface area contributed by atoms with Crippen LogP contribution in [0.4, 0.5) is 0 Å². The standard InChI is InChI=1S/C27H36N2/c1-4-9-21(3)24-16-18-26(19-17-24)27(25-10-7-6-8-11-25)29-28-20-23-14-12-22(5-2)13-15-23/h6-8,10-15,20-21,24,26H,4-5,9,16-19H2,1-3H3/t21?,24-,26-. The number of nitrogens with zero attached hydrogens (tertiary/aromatic N) is 2. The van der Waals surface area contributed by atoms with Gasteiger partial charge < -0.3 is 0 Å². The van der Waals surface area contributed by atoms with Crippen molar-refractivity contribution in [2.24, 2.45) is 28.0 Å². The Kier molecular flexibility index (Phi) is 8.22. The molecule has 1 fully saturated rings. The molecule has 0 aliphatic heterocycles. The minimum Gasteiger partial charge on any atom is -0.158 e. The molecule has 2 heteroatoms. The van der Waals surface area contributed by atoms with Crippen molar-refractivity contribution in [3.63, 3.8) is 0 Å². The lowest BCUT2D eigenvalue weighted by Crippen LogP contribution is -2.25. The molecule has 0 radical (unpaired) electrons. The molecule has 0 spiro atoms. The van der Waals surface area contributed by atoms with E-state index in [9.17, 15) is 0 Å². The fourth-order valence-corrected chi connectivity index (χ4v) is 4.63. The average Bonchev–Trinajstić information content (AvgIpc) is 2.78. The predicted octanol–water partition coefficient (Wildman–Crippen LogP) is 7.31. The van der Waals surface area contributed by atoms with Gasteiger partial charge in [-0.25, -0.2) is 0 Å². The van der Waals surface area contributed by atoms with E-state index >= 15 is 0 Å². The maximum atomic E-state index is 4.75. The largest absolute Gasteiger partial charge is 0.158 e. The highest BCUT2D eigenvalue weighted by atomic mass is 15.2. The summed E-state index contributed by atoms with van der Waals surface area (Å²) in [4.78, 5) is 0. The van der Waals surface area contributed by atoms with Gasteiger partial charge in [0, 0.05) is 5.92 Å². The van der Waals surface area contributed by atoms with E-state index in [1.54, 1.807) is 0 Å². The van der Waals surface area contributed by atoms with Gasteiger partial charge in [0.1, 0.15) is 0 Å². The Hall–Kier alpha value is -2.22. The van der Waals surface area contributed by atoms with Crippen LogP contribution in [-0.4, -0.2) is 11.9 Å². The number of aryl methyl sites for hydroxylation is 1. The SMILES string of the molecule is CCCC(C)[C@H]1CC[C@H](C(=NN=Cc2ccc(CC)cc2)c2ccccc2)CC1. The topological polar surface area (TPSA) is 24.7 Å². The first-order chi connectivity index (χ1) is 14.2. The zero-order valence-corrected chi connectivity index (χ0v) is 18.3. The lowest BCUT2D eigenvalue weighted by atomic mass is 9.73. The Morgan fingerprint density at radius 3 is 2.28 bits per heavy atom. The van der Waals surface area contributed by atoms with Crippen LogP contribution in [0.2, 0.25) is 0 Å². The summed E-state index contributed by atoms with van der Waals surface area (Å²) in [5.41, 5.74) is 4.84. The molecular formula is C27H36N2. The fourth-order valence-electron chi connectivity index (χ4n) is 4.63. The normalized spacial score (nSPS) is 21.4. The van der Waals surface area contributed by atoms with Gasteiger partial charge in [0.05, 0.1) is 11.9 Å². The van der Waals surface area contributed by atoms with Crippen molar-refractivity contribution in [3.05, 3.63) is 71.3 Å². The molecule has 1 aliphatic carbocycles. The maximum Gasteiger partial charge on any atom is 0.0733 e. The first-order valence-corrected chi connectivity index (χ1v) is 11.5. The predicted molar refractivity (Wildman–Crippen MR) is 126 cm³/mol. The van der Waals surface area contributed by atoms with Crippen molar-refractivity contribution < 1.29 is 0 Å².